The van der Waals surface area contributed by atoms with Crippen LogP contribution in [0.4, 0.5) is 4.79 Å². The molecule has 0 aliphatic heterocycles. The fraction of sp³-hybridized carbons (Fsp3) is 0.846. The van der Waals surface area contributed by atoms with Crippen LogP contribution in [0.5, 0.6) is 0 Å². The summed E-state index contributed by atoms with van der Waals surface area (Å²) >= 11 is 1.85. The Bertz CT molecular complexity index is 306. The van der Waals surface area contributed by atoms with Gasteiger partial charge in [-0.05, 0) is 44.1 Å². The van der Waals surface area contributed by atoms with Gasteiger partial charge in [-0.1, -0.05) is 12.8 Å². The number of carboxylic acid groups (broad SMARTS) is 1. The molecule has 1 fully saturated rings. The Kier molecular flexibility index (Phi) is 7.05. The number of rotatable bonds is 9. The highest BCUT2D eigenvalue weighted by atomic mass is 32.2. The lowest BCUT2D eigenvalue weighted by Crippen LogP contribution is -2.61. The third-order valence-electron chi connectivity index (χ3n) is 3.53. The van der Waals surface area contributed by atoms with Crippen LogP contribution in [0.25, 0.3) is 0 Å². The van der Waals surface area contributed by atoms with Crippen LogP contribution in [0, 0.1) is 0 Å². The normalized spacial score (nSPS) is 16.5. The molecular formula is C13H24N2O3S. The maximum atomic E-state index is 11.6. The van der Waals surface area contributed by atoms with Gasteiger partial charge in [0.15, 0.2) is 0 Å². The molecule has 3 N–H and O–H groups in total. The van der Waals surface area contributed by atoms with E-state index in [2.05, 4.69) is 16.9 Å². The van der Waals surface area contributed by atoms with Crippen molar-refractivity contribution in [2.75, 3.05) is 18.6 Å². The molecule has 0 aromatic heterocycles. The Balaban J connectivity index is 2.06. The average Bonchev–Trinajstić information content (AvgIpc) is 2.32. The second-order valence-corrected chi connectivity index (χ2v) is 6.01. The van der Waals surface area contributed by atoms with Crippen molar-refractivity contribution in [2.45, 2.75) is 50.5 Å². The number of aliphatic carboxylic acids is 1. The van der Waals surface area contributed by atoms with E-state index in [4.69, 9.17) is 5.11 Å². The zero-order valence-corrected chi connectivity index (χ0v) is 12.4. The highest BCUT2D eigenvalue weighted by Gasteiger charge is 2.45. The Morgan fingerprint density at radius 2 is 1.89 bits per heavy atom. The van der Waals surface area contributed by atoms with Gasteiger partial charge in [0.2, 0.25) is 0 Å². The molecular weight excluding hydrogens is 264 g/mol. The zero-order valence-electron chi connectivity index (χ0n) is 11.5. The summed E-state index contributed by atoms with van der Waals surface area (Å²) in [6, 6.07) is -0.355. The molecule has 0 heterocycles. The number of carboxylic acids is 1. The quantitative estimate of drug-likeness (QED) is 0.568. The molecule has 0 aromatic carbocycles. The molecule has 110 valence electrons. The third kappa shape index (κ3) is 5.30. The van der Waals surface area contributed by atoms with Crippen molar-refractivity contribution >= 4 is 23.8 Å². The fourth-order valence-corrected chi connectivity index (χ4v) is 2.60. The first-order valence-electron chi connectivity index (χ1n) is 6.89. The van der Waals surface area contributed by atoms with Crippen LogP contribution in [-0.2, 0) is 4.79 Å². The van der Waals surface area contributed by atoms with Gasteiger partial charge in [-0.2, -0.15) is 11.8 Å². The number of carbonyl (C=O) groups excluding carboxylic acids is 1. The summed E-state index contributed by atoms with van der Waals surface area (Å²) in [4.78, 5) is 22.7. The topological polar surface area (TPSA) is 78.4 Å². The molecule has 6 heteroatoms. The summed E-state index contributed by atoms with van der Waals surface area (Å²) in [6.45, 7) is 0.612. The van der Waals surface area contributed by atoms with Crippen molar-refractivity contribution in [3.8, 4) is 0 Å². The smallest absolute Gasteiger partial charge is 0.329 e. The molecule has 19 heavy (non-hydrogen) atoms. The predicted molar refractivity (Wildman–Crippen MR) is 77.6 cm³/mol. The molecule has 0 unspecified atom stereocenters. The van der Waals surface area contributed by atoms with Crippen LogP contribution in [0.1, 0.15) is 44.9 Å². The minimum Gasteiger partial charge on any atom is -0.480 e. The molecule has 0 atom stereocenters. The number of unbranched alkanes of at least 4 members (excludes halogenated alkanes) is 3. The largest absolute Gasteiger partial charge is 0.480 e. The highest BCUT2D eigenvalue weighted by Crippen LogP contribution is 2.31. The van der Waals surface area contributed by atoms with Crippen LogP contribution in [-0.4, -0.2) is 41.2 Å². The summed E-state index contributed by atoms with van der Waals surface area (Å²) in [5.41, 5.74) is -1.01. The number of hydrogen-bond acceptors (Lipinski definition) is 3. The molecule has 5 nitrogen and oxygen atoms in total. The van der Waals surface area contributed by atoms with Crippen molar-refractivity contribution in [3.05, 3.63) is 0 Å². The van der Waals surface area contributed by atoms with Gasteiger partial charge in [0.05, 0.1) is 0 Å². The predicted octanol–water partition coefficient (Wildman–Crippen LogP) is 2.22. The zero-order chi connectivity index (χ0) is 14.1. The maximum absolute atomic E-state index is 11.6. The summed E-state index contributed by atoms with van der Waals surface area (Å²) in [6.07, 6.45) is 8.48. The van der Waals surface area contributed by atoms with Crippen LogP contribution in [0.3, 0.4) is 0 Å². The van der Waals surface area contributed by atoms with Gasteiger partial charge in [-0.15, -0.1) is 0 Å². The molecule has 0 radical (unpaired) electrons. The molecule has 2 amide bonds. The number of carbonyl (C=O) groups is 2. The van der Waals surface area contributed by atoms with E-state index in [1.54, 1.807) is 0 Å². The highest BCUT2D eigenvalue weighted by molar-refractivity contribution is 7.98. The van der Waals surface area contributed by atoms with Crippen LogP contribution < -0.4 is 10.6 Å². The van der Waals surface area contributed by atoms with Crippen molar-refractivity contribution in [3.63, 3.8) is 0 Å². The first kappa shape index (κ1) is 16.1. The van der Waals surface area contributed by atoms with Crippen LogP contribution in [0.15, 0.2) is 0 Å². The van der Waals surface area contributed by atoms with Crippen molar-refractivity contribution in [1.82, 2.24) is 10.6 Å². The lowest BCUT2D eigenvalue weighted by molar-refractivity contribution is -0.148. The van der Waals surface area contributed by atoms with Gasteiger partial charge in [0, 0.05) is 6.54 Å². The van der Waals surface area contributed by atoms with E-state index in [9.17, 15) is 9.59 Å². The van der Waals surface area contributed by atoms with E-state index >= 15 is 0 Å². The van der Waals surface area contributed by atoms with E-state index in [1.807, 2.05) is 11.8 Å². The minimum absolute atomic E-state index is 0.355. The summed E-state index contributed by atoms with van der Waals surface area (Å²) in [7, 11) is 0. The average molecular weight is 288 g/mol. The lowest BCUT2D eigenvalue weighted by atomic mass is 9.77. The van der Waals surface area contributed by atoms with E-state index in [0.29, 0.717) is 19.4 Å². The molecule has 1 aliphatic rings. The number of urea groups is 1. The van der Waals surface area contributed by atoms with E-state index in [-0.39, 0.29) is 6.03 Å². The molecule has 0 saturated heterocycles. The lowest BCUT2D eigenvalue weighted by Gasteiger charge is -2.38. The second-order valence-electron chi connectivity index (χ2n) is 5.03. The van der Waals surface area contributed by atoms with E-state index in [1.165, 1.54) is 18.6 Å². The van der Waals surface area contributed by atoms with Crippen molar-refractivity contribution < 1.29 is 14.7 Å². The van der Waals surface area contributed by atoms with Gasteiger partial charge >= 0.3 is 12.0 Å². The number of thioether (sulfide) groups is 1. The summed E-state index contributed by atoms with van der Waals surface area (Å²) in [5, 5.41) is 14.4. The SMILES string of the molecule is CSCCCCCCNC(=O)NC1(C(=O)O)CCC1. The number of nitrogens with one attached hydrogen (secondary N) is 2. The fourth-order valence-electron chi connectivity index (χ4n) is 2.11. The number of amides is 2. The van der Waals surface area contributed by atoms with Gasteiger partial charge < -0.3 is 15.7 Å². The standard InChI is InChI=1S/C13H24N2O3S/c1-19-10-5-3-2-4-9-14-12(18)15-13(11(16)17)7-6-8-13/h2-10H2,1H3,(H,16,17)(H2,14,15,18). The first-order valence-corrected chi connectivity index (χ1v) is 8.28. The van der Waals surface area contributed by atoms with Crippen molar-refractivity contribution in [2.24, 2.45) is 0 Å². The van der Waals surface area contributed by atoms with Gasteiger partial charge in [-0.25, -0.2) is 9.59 Å². The monoisotopic (exact) mass is 288 g/mol. The molecule has 1 rings (SSSR count). The molecule has 0 aromatic rings. The molecule has 0 bridgehead atoms. The molecule has 1 saturated carbocycles. The van der Waals surface area contributed by atoms with E-state index < -0.39 is 11.5 Å². The molecule has 1 aliphatic carbocycles. The van der Waals surface area contributed by atoms with Crippen molar-refractivity contribution in [1.29, 1.82) is 0 Å². The third-order valence-corrected chi connectivity index (χ3v) is 4.23. The number of hydrogen-bond donors (Lipinski definition) is 3. The first-order chi connectivity index (χ1) is 9.10. The Hall–Kier alpha value is -0.910. The van der Waals surface area contributed by atoms with E-state index in [0.717, 1.165) is 19.3 Å². The maximum Gasteiger partial charge on any atom is 0.329 e. The summed E-state index contributed by atoms with van der Waals surface area (Å²) < 4.78 is 0. The minimum atomic E-state index is -1.01. The summed E-state index contributed by atoms with van der Waals surface area (Å²) in [5.74, 6) is 0.264. The van der Waals surface area contributed by atoms with Gasteiger partial charge in [0.25, 0.3) is 0 Å². The molecule has 0 spiro atoms. The van der Waals surface area contributed by atoms with Gasteiger partial charge in [-0.3, -0.25) is 0 Å². The van der Waals surface area contributed by atoms with Crippen LogP contribution in [0.2, 0.25) is 0 Å². The van der Waals surface area contributed by atoms with Crippen LogP contribution >= 0.6 is 11.8 Å². The Morgan fingerprint density at radius 1 is 1.21 bits per heavy atom. The van der Waals surface area contributed by atoms with Gasteiger partial charge in [0.1, 0.15) is 5.54 Å². The Morgan fingerprint density at radius 3 is 2.42 bits per heavy atom. The Labute approximate surface area is 118 Å². The second kappa shape index (κ2) is 8.30.